The van der Waals surface area contributed by atoms with Gasteiger partial charge in [0.05, 0.1) is 12.2 Å². The molecule has 0 saturated carbocycles. The molecule has 1 saturated heterocycles. The molecule has 1 heterocycles. The van der Waals surface area contributed by atoms with Crippen LogP contribution in [0, 0.1) is 5.92 Å². The molecule has 0 spiro atoms. The van der Waals surface area contributed by atoms with Crippen molar-refractivity contribution >= 4 is 17.6 Å². The van der Waals surface area contributed by atoms with Crippen molar-refractivity contribution in [1.29, 1.82) is 0 Å². The Balaban J connectivity index is 2.00. The molecule has 110 valence electrons. The van der Waals surface area contributed by atoms with Crippen molar-refractivity contribution in [3.05, 3.63) is 34.3 Å². The molecule has 1 aliphatic rings. The Morgan fingerprint density at radius 1 is 1.55 bits per heavy atom. The summed E-state index contributed by atoms with van der Waals surface area (Å²) in [5.41, 5.74) is 1.21. The van der Waals surface area contributed by atoms with E-state index >= 15 is 0 Å². The highest BCUT2D eigenvalue weighted by molar-refractivity contribution is 6.31. The van der Waals surface area contributed by atoms with E-state index in [0.717, 1.165) is 31.8 Å². The van der Waals surface area contributed by atoms with Crippen molar-refractivity contribution in [2.45, 2.75) is 19.4 Å². The van der Waals surface area contributed by atoms with E-state index in [-0.39, 0.29) is 5.56 Å². The number of carbonyl (C=O) groups is 1. The normalized spacial score (nSPS) is 20.0. The Morgan fingerprint density at radius 2 is 2.35 bits per heavy atom. The smallest absolute Gasteiger partial charge is 0.335 e. The summed E-state index contributed by atoms with van der Waals surface area (Å²) in [5.74, 6) is -0.373. The van der Waals surface area contributed by atoms with Crippen LogP contribution in [0.25, 0.3) is 0 Å². The quantitative estimate of drug-likeness (QED) is 0.908. The third kappa shape index (κ3) is 3.95. The van der Waals surface area contributed by atoms with Crippen LogP contribution < -0.4 is 0 Å². The molecule has 1 aromatic carbocycles. The lowest BCUT2D eigenvalue weighted by molar-refractivity contribution is 0.0696. The largest absolute Gasteiger partial charge is 0.478 e. The van der Waals surface area contributed by atoms with Gasteiger partial charge in [-0.25, -0.2) is 4.79 Å². The van der Waals surface area contributed by atoms with Crippen molar-refractivity contribution in [2.24, 2.45) is 5.92 Å². The number of halogens is 1. The lowest BCUT2D eigenvalue weighted by Gasteiger charge is -2.32. The second kappa shape index (κ2) is 7.07. The monoisotopic (exact) mass is 297 g/mol. The van der Waals surface area contributed by atoms with Gasteiger partial charge in [-0.2, -0.15) is 0 Å². The minimum atomic E-state index is -0.948. The van der Waals surface area contributed by atoms with Crippen LogP contribution in [0.15, 0.2) is 18.2 Å². The van der Waals surface area contributed by atoms with E-state index in [1.807, 2.05) is 6.07 Å². The van der Waals surface area contributed by atoms with Gasteiger partial charge in [0.1, 0.15) is 0 Å². The van der Waals surface area contributed by atoms with Crippen molar-refractivity contribution in [3.63, 3.8) is 0 Å². The average Bonchev–Trinajstić information content (AvgIpc) is 2.42. The number of aromatic carboxylic acids is 1. The Hall–Kier alpha value is -1.10. The first-order valence-corrected chi connectivity index (χ1v) is 7.21. The number of nitrogens with zero attached hydrogens (tertiary/aromatic N) is 1. The number of methoxy groups -OCH3 is 1. The van der Waals surface area contributed by atoms with Crippen LogP contribution in [0.4, 0.5) is 0 Å². The minimum absolute atomic E-state index is 0.231. The zero-order valence-corrected chi connectivity index (χ0v) is 12.4. The van der Waals surface area contributed by atoms with E-state index in [4.69, 9.17) is 21.4 Å². The molecular formula is C15H20ClNO3. The first-order valence-electron chi connectivity index (χ1n) is 6.83. The van der Waals surface area contributed by atoms with E-state index in [0.29, 0.717) is 10.9 Å². The lowest BCUT2D eigenvalue weighted by Crippen LogP contribution is -2.36. The van der Waals surface area contributed by atoms with Crippen LogP contribution >= 0.6 is 11.6 Å². The van der Waals surface area contributed by atoms with Gasteiger partial charge in [0.15, 0.2) is 0 Å². The number of carboxylic acids is 1. The maximum atomic E-state index is 10.9. The fourth-order valence-electron chi connectivity index (χ4n) is 2.72. The van der Waals surface area contributed by atoms with Gasteiger partial charge in [-0.05, 0) is 43.0 Å². The molecule has 1 atom stereocenters. The summed E-state index contributed by atoms with van der Waals surface area (Å²) in [6.45, 7) is 3.61. The van der Waals surface area contributed by atoms with E-state index in [2.05, 4.69) is 4.90 Å². The molecule has 20 heavy (non-hydrogen) atoms. The van der Waals surface area contributed by atoms with Crippen LogP contribution in [0.5, 0.6) is 0 Å². The van der Waals surface area contributed by atoms with Crippen LogP contribution in [0.1, 0.15) is 28.8 Å². The molecule has 0 radical (unpaired) electrons. The van der Waals surface area contributed by atoms with Crippen molar-refractivity contribution in [1.82, 2.24) is 4.90 Å². The van der Waals surface area contributed by atoms with E-state index in [9.17, 15) is 4.79 Å². The molecule has 1 N–H and O–H groups in total. The third-order valence-corrected chi connectivity index (χ3v) is 4.05. The maximum Gasteiger partial charge on any atom is 0.335 e. The second-order valence-electron chi connectivity index (χ2n) is 5.31. The summed E-state index contributed by atoms with van der Waals surface area (Å²) in [5, 5.41) is 9.46. The number of carboxylic acid groups (broad SMARTS) is 1. The Bertz CT molecular complexity index is 476. The Labute approximate surface area is 124 Å². The first-order chi connectivity index (χ1) is 9.60. The number of hydrogen-bond donors (Lipinski definition) is 1. The predicted molar refractivity (Wildman–Crippen MR) is 78.3 cm³/mol. The van der Waals surface area contributed by atoms with E-state index < -0.39 is 5.97 Å². The van der Waals surface area contributed by atoms with Gasteiger partial charge < -0.3 is 9.84 Å². The first kappa shape index (κ1) is 15.3. The van der Waals surface area contributed by atoms with Gasteiger partial charge in [0.25, 0.3) is 0 Å². The molecule has 0 amide bonds. The summed E-state index contributed by atoms with van der Waals surface area (Å²) in [6, 6.07) is 4.95. The molecule has 4 nitrogen and oxygen atoms in total. The number of benzene rings is 1. The molecule has 2 rings (SSSR count). The fourth-order valence-corrected chi connectivity index (χ4v) is 2.96. The number of ether oxygens (including phenoxy) is 1. The standard InChI is InChI=1S/C15H20ClNO3/c1-20-10-11-3-2-6-17(8-11)9-13-5-4-12(15(18)19)7-14(13)16/h4-5,7,11H,2-3,6,8-10H2,1H3,(H,18,19). The summed E-state index contributed by atoms with van der Waals surface area (Å²) in [4.78, 5) is 13.2. The second-order valence-corrected chi connectivity index (χ2v) is 5.72. The predicted octanol–water partition coefficient (Wildman–Crippen LogP) is 2.90. The number of hydrogen-bond acceptors (Lipinski definition) is 3. The topological polar surface area (TPSA) is 49.8 Å². The molecule has 0 aliphatic carbocycles. The number of piperidine rings is 1. The molecule has 1 aromatic rings. The van der Waals surface area contributed by atoms with Gasteiger partial charge >= 0.3 is 5.97 Å². The molecule has 1 aliphatic heterocycles. The van der Waals surface area contributed by atoms with Crippen LogP contribution in [-0.2, 0) is 11.3 Å². The van der Waals surface area contributed by atoms with Gasteiger partial charge in [0.2, 0.25) is 0 Å². The minimum Gasteiger partial charge on any atom is -0.478 e. The lowest BCUT2D eigenvalue weighted by atomic mass is 9.98. The van der Waals surface area contributed by atoms with Gasteiger partial charge in [-0.1, -0.05) is 17.7 Å². The average molecular weight is 298 g/mol. The summed E-state index contributed by atoms with van der Waals surface area (Å²) >= 11 is 6.18. The van der Waals surface area contributed by atoms with Gasteiger partial charge in [-0.3, -0.25) is 4.90 Å². The van der Waals surface area contributed by atoms with Crippen LogP contribution in [0.2, 0.25) is 5.02 Å². The zero-order chi connectivity index (χ0) is 14.5. The summed E-state index contributed by atoms with van der Waals surface area (Å²) in [7, 11) is 1.74. The highest BCUT2D eigenvalue weighted by Crippen LogP contribution is 2.23. The molecule has 0 aromatic heterocycles. The molecule has 5 heteroatoms. The highest BCUT2D eigenvalue weighted by Gasteiger charge is 2.20. The molecule has 0 bridgehead atoms. The summed E-state index contributed by atoms with van der Waals surface area (Å²) in [6.07, 6.45) is 2.37. The van der Waals surface area contributed by atoms with E-state index in [1.54, 1.807) is 13.2 Å². The van der Waals surface area contributed by atoms with Crippen molar-refractivity contribution < 1.29 is 14.6 Å². The van der Waals surface area contributed by atoms with Gasteiger partial charge in [-0.15, -0.1) is 0 Å². The highest BCUT2D eigenvalue weighted by atomic mass is 35.5. The number of likely N-dealkylation sites (tertiary alicyclic amines) is 1. The molecular weight excluding hydrogens is 278 g/mol. The SMILES string of the molecule is COCC1CCCN(Cc2ccc(C(=O)O)cc2Cl)C1. The Morgan fingerprint density at radius 3 is 3.00 bits per heavy atom. The molecule has 1 fully saturated rings. The third-order valence-electron chi connectivity index (χ3n) is 3.70. The zero-order valence-electron chi connectivity index (χ0n) is 11.6. The van der Waals surface area contributed by atoms with Crippen molar-refractivity contribution in [3.8, 4) is 0 Å². The van der Waals surface area contributed by atoms with Crippen LogP contribution in [0.3, 0.4) is 0 Å². The fraction of sp³-hybridized carbons (Fsp3) is 0.533. The number of rotatable bonds is 5. The van der Waals surface area contributed by atoms with E-state index in [1.165, 1.54) is 18.9 Å². The Kier molecular flexibility index (Phi) is 5.40. The molecule has 1 unspecified atom stereocenters. The maximum absolute atomic E-state index is 10.9. The van der Waals surface area contributed by atoms with Gasteiger partial charge in [0, 0.05) is 25.2 Å². The van der Waals surface area contributed by atoms with Crippen molar-refractivity contribution in [2.75, 3.05) is 26.8 Å². The van der Waals surface area contributed by atoms with Crippen LogP contribution in [-0.4, -0.2) is 42.8 Å². The summed E-state index contributed by atoms with van der Waals surface area (Å²) < 4.78 is 5.23.